The molecule has 2 aromatic carbocycles. The van der Waals surface area contributed by atoms with Gasteiger partial charge in [-0.1, -0.05) is 48.4 Å². The molecule has 1 aliphatic heterocycles. The Morgan fingerprint density at radius 1 is 1.17 bits per heavy atom. The molecule has 2 heterocycles. The first kappa shape index (κ1) is 20.4. The van der Waals surface area contributed by atoms with Gasteiger partial charge in [0, 0.05) is 29.9 Å². The molecule has 0 spiro atoms. The van der Waals surface area contributed by atoms with Crippen LogP contribution in [0, 0.1) is 6.92 Å². The van der Waals surface area contributed by atoms with Crippen molar-refractivity contribution < 1.29 is 9.53 Å². The molecule has 154 valence electrons. The fourth-order valence-corrected chi connectivity index (χ4v) is 3.97. The minimum atomic E-state index is -0.273. The molecule has 1 aromatic heterocycles. The second-order valence-corrected chi connectivity index (χ2v) is 7.74. The van der Waals surface area contributed by atoms with Gasteiger partial charge in [0.25, 0.3) is 0 Å². The molecule has 1 atom stereocenters. The summed E-state index contributed by atoms with van der Waals surface area (Å²) in [6, 6.07) is 15.7. The molecule has 4 rings (SSSR count). The largest absolute Gasteiger partial charge is 0.494 e. The van der Waals surface area contributed by atoms with E-state index in [2.05, 4.69) is 22.2 Å². The molecule has 0 aliphatic carbocycles. The van der Waals surface area contributed by atoms with Gasteiger partial charge >= 0.3 is 0 Å². The SMILES string of the molecule is CCOc1ccc2cc(C3CC(c4ccc(C)cc4)=NN3C(=O)CC)c(Cl)nc2c1. The van der Waals surface area contributed by atoms with Crippen LogP contribution in [0.4, 0.5) is 0 Å². The van der Waals surface area contributed by atoms with Crippen LogP contribution in [-0.4, -0.2) is 28.2 Å². The lowest BCUT2D eigenvalue weighted by Gasteiger charge is -2.22. The summed E-state index contributed by atoms with van der Waals surface area (Å²) in [5, 5.41) is 7.57. The third-order valence-electron chi connectivity index (χ3n) is 5.29. The lowest BCUT2D eigenvalue weighted by molar-refractivity contribution is -0.132. The molecule has 0 saturated carbocycles. The van der Waals surface area contributed by atoms with E-state index in [1.807, 2.05) is 57.2 Å². The van der Waals surface area contributed by atoms with Crippen LogP contribution in [0.3, 0.4) is 0 Å². The second kappa shape index (κ2) is 8.44. The molecule has 30 heavy (non-hydrogen) atoms. The number of nitrogens with zero attached hydrogens (tertiary/aromatic N) is 3. The van der Waals surface area contributed by atoms with Gasteiger partial charge < -0.3 is 4.74 Å². The van der Waals surface area contributed by atoms with Gasteiger partial charge in [0.15, 0.2) is 0 Å². The molecule has 0 saturated heterocycles. The third kappa shape index (κ3) is 3.90. The molecular formula is C24H24ClN3O2. The number of fused-ring (bicyclic) bond motifs is 1. The Hall–Kier alpha value is -2.92. The van der Waals surface area contributed by atoms with Crippen molar-refractivity contribution in [2.45, 2.75) is 39.7 Å². The first-order chi connectivity index (χ1) is 14.5. The molecule has 1 amide bonds. The fourth-order valence-electron chi connectivity index (χ4n) is 3.69. The van der Waals surface area contributed by atoms with E-state index in [0.29, 0.717) is 24.6 Å². The van der Waals surface area contributed by atoms with Gasteiger partial charge in [0.05, 0.1) is 23.9 Å². The van der Waals surface area contributed by atoms with E-state index in [1.165, 1.54) is 5.56 Å². The van der Waals surface area contributed by atoms with E-state index in [9.17, 15) is 4.79 Å². The molecule has 3 aromatic rings. The number of hydrazone groups is 1. The van der Waals surface area contributed by atoms with Crippen molar-refractivity contribution >= 4 is 34.1 Å². The van der Waals surface area contributed by atoms with Crippen LogP contribution in [0.25, 0.3) is 10.9 Å². The minimum Gasteiger partial charge on any atom is -0.494 e. The third-order valence-corrected chi connectivity index (χ3v) is 5.60. The molecule has 1 aliphatic rings. The van der Waals surface area contributed by atoms with Gasteiger partial charge in [0.2, 0.25) is 5.91 Å². The molecule has 0 N–H and O–H groups in total. The van der Waals surface area contributed by atoms with Crippen LogP contribution in [0.2, 0.25) is 5.15 Å². The summed E-state index contributed by atoms with van der Waals surface area (Å²) in [5.74, 6) is 0.722. The van der Waals surface area contributed by atoms with Gasteiger partial charge in [0.1, 0.15) is 10.9 Å². The quantitative estimate of drug-likeness (QED) is 0.498. The first-order valence-electron chi connectivity index (χ1n) is 10.2. The smallest absolute Gasteiger partial charge is 0.242 e. The Labute approximate surface area is 181 Å². The second-order valence-electron chi connectivity index (χ2n) is 7.38. The number of ether oxygens (including phenoxy) is 1. The number of halogens is 1. The normalized spacial score (nSPS) is 16.1. The van der Waals surface area contributed by atoms with Crippen molar-refractivity contribution in [1.29, 1.82) is 0 Å². The maximum Gasteiger partial charge on any atom is 0.242 e. The number of benzene rings is 2. The van der Waals surface area contributed by atoms with Gasteiger partial charge in [-0.05, 0) is 37.6 Å². The summed E-state index contributed by atoms with van der Waals surface area (Å²) < 4.78 is 5.56. The predicted molar refractivity (Wildman–Crippen MR) is 120 cm³/mol. The highest BCUT2D eigenvalue weighted by Gasteiger charge is 2.34. The maximum atomic E-state index is 12.7. The zero-order valence-electron chi connectivity index (χ0n) is 17.4. The van der Waals surface area contributed by atoms with E-state index in [1.54, 1.807) is 5.01 Å². The van der Waals surface area contributed by atoms with Crippen molar-refractivity contribution in [3.8, 4) is 5.75 Å². The minimum absolute atomic E-state index is 0.0371. The molecule has 0 bridgehead atoms. The van der Waals surface area contributed by atoms with E-state index in [0.717, 1.165) is 33.5 Å². The number of aromatic nitrogens is 1. The molecule has 1 unspecified atom stereocenters. The van der Waals surface area contributed by atoms with Crippen LogP contribution in [0.1, 0.15) is 49.4 Å². The number of hydrogen-bond donors (Lipinski definition) is 0. The monoisotopic (exact) mass is 421 g/mol. The van der Waals surface area contributed by atoms with E-state index >= 15 is 0 Å². The molecule has 0 radical (unpaired) electrons. The number of carbonyl (C=O) groups is 1. The van der Waals surface area contributed by atoms with Crippen molar-refractivity contribution in [2.24, 2.45) is 5.10 Å². The standard InChI is InChI=1S/C24H24ClN3O2/c1-4-23(29)28-22(14-21(27-28)16-8-6-15(3)7-9-16)19-12-17-10-11-18(30-5-2)13-20(17)26-24(19)25/h6-13,22H,4-5,14H2,1-3H3. The number of pyridine rings is 1. The number of hydrogen-bond acceptors (Lipinski definition) is 4. The van der Waals surface area contributed by atoms with Crippen LogP contribution in [0.5, 0.6) is 5.75 Å². The lowest BCUT2D eigenvalue weighted by atomic mass is 9.98. The zero-order chi connectivity index (χ0) is 21.3. The average Bonchev–Trinajstić information content (AvgIpc) is 3.18. The summed E-state index contributed by atoms with van der Waals surface area (Å²) in [6.45, 7) is 6.42. The van der Waals surface area contributed by atoms with Crippen molar-refractivity contribution in [3.05, 3.63) is 70.4 Å². The Kier molecular flexibility index (Phi) is 5.73. The highest BCUT2D eigenvalue weighted by Crippen LogP contribution is 2.38. The summed E-state index contributed by atoms with van der Waals surface area (Å²) in [5.41, 5.74) is 4.65. The Balaban J connectivity index is 1.73. The van der Waals surface area contributed by atoms with Crippen LogP contribution in [-0.2, 0) is 4.79 Å². The summed E-state index contributed by atoms with van der Waals surface area (Å²) in [4.78, 5) is 17.2. The number of aryl methyl sites for hydroxylation is 1. The van der Waals surface area contributed by atoms with Gasteiger partial charge in [-0.2, -0.15) is 5.10 Å². The fraction of sp³-hybridized carbons (Fsp3) is 0.292. The first-order valence-corrected chi connectivity index (χ1v) is 10.6. The van der Waals surface area contributed by atoms with Crippen LogP contribution < -0.4 is 4.74 Å². The predicted octanol–water partition coefficient (Wildman–Crippen LogP) is 5.68. The van der Waals surface area contributed by atoms with E-state index in [-0.39, 0.29) is 11.9 Å². The van der Waals surface area contributed by atoms with Crippen LogP contribution in [0.15, 0.2) is 53.6 Å². The van der Waals surface area contributed by atoms with Crippen molar-refractivity contribution in [1.82, 2.24) is 9.99 Å². The summed E-state index contributed by atoms with van der Waals surface area (Å²) >= 11 is 6.60. The summed E-state index contributed by atoms with van der Waals surface area (Å²) in [6.07, 6.45) is 0.969. The Morgan fingerprint density at radius 2 is 1.93 bits per heavy atom. The Morgan fingerprint density at radius 3 is 2.63 bits per heavy atom. The maximum absolute atomic E-state index is 12.7. The van der Waals surface area contributed by atoms with Crippen molar-refractivity contribution in [3.63, 3.8) is 0 Å². The molecule has 6 heteroatoms. The molecule has 0 fully saturated rings. The highest BCUT2D eigenvalue weighted by atomic mass is 35.5. The zero-order valence-corrected chi connectivity index (χ0v) is 18.1. The van der Waals surface area contributed by atoms with Crippen LogP contribution >= 0.6 is 11.6 Å². The number of rotatable bonds is 5. The Bertz CT molecular complexity index is 1130. The summed E-state index contributed by atoms with van der Waals surface area (Å²) in [7, 11) is 0. The topological polar surface area (TPSA) is 54.8 Å². The van der Waals surface area contributed by atoms with E-state index < -0.39 is 0 Å². The molecular weight excluding hydrogens is 398 g/mol. The number of carbonyl (C=O) groups excluding carboxylic acids is 1. The lowest BCUT2D eigenvalue weighted by Crippen LogP contribution is -2.26. The van der Waals surface area contributed by atoms with Gasteiger partial charge in [-0.25, -0.2) is 9.99 Å². The van der Waals surface area contributed by atoms with Gasteiger partial charge in [-0.3, -0.25) is 4.79 Å². The highest BCUT2D eigenvalue weighted by molar-refractivity contribution is 6.30. The number of amides is 1. The average molecular weight is 422 g/mol. The molecule has 5 nitrogen and oxygen atoms in total. The van der Waals surface area contributed by atoms with Gasteiger partial charge in [-0.15, -0.1) is 0 Å². The van der Waals surface area contributed by atoms with E-state index in [4.69, 9.17) is 16.3 Å². The van der Waals surface area contributed by atoms with Crippen molar-refractivity contribution in [2.75, 3.05) is 6.61 Å².